The summed E-state index contributed by atoms with van der Waals surface area (Å²) in [7, 11) is 0. The van der Waals surface area contributed by atoms with E-state index in [1.54, 1.807) is 17.4 Å². The molecule has 0 radical (unpaired) electrons. The van der Waals surface area contributed by atoms with Crippen molar-refractivity contribution in [1.82, 2.24) is 0 Å². The lowest BCUT2D eigenvalue weighted by Crippen LogP contribution is -2.11. The fraction of sp³-hybridized carbons (Fsp3) is 0.267. The molecule has 0 spiro atoms. The molecule has 0 saturated heterocycles. The molecule has 4 N–H and O–H groups in total. The first-order valence-electron chi connectivity index (χ1n) is 6.46. The van der Waals surface area contributed by atoms with Gasteiger partial charge in [0, 0.05) is 16.3 Å². The van der Waals surface area contributed by atoms with E-state index in [-0.39, 0.29) is 11.6 Å². The highest BCUT2D eigenvalue weighted by Gasteiger charge is 2.15. The van der Waals surface area contributed by atoms with Crippen LogP contribution in [0.2, 0.25) is 0 Å². The third-order valence-corrected chi connectivity index (χ3v) is 4.24. The van der Waals surface area contributed by atoms with E-state index in [0.717, 1.165) is 17.7 Å². The lowest BCUT2D eigenvalue weighted by atomic mass is 10.1. The predicted molar refractivity (Wildman–Crippen MR) is 83.5 cm³/mol. The molecular weight excluding hydrogens is 272 g/mol. The molecule has 4 nitrogen and oxygen atoms in total. The number of anilines is 2. The van der Waals surface area contributed by atoms with Crippen molar-refractivity contribution in [3.8, 4) is 0 Å². The molecule has 106 valence electrons. The monoisotopic (exact) mass is 290 g/mol. The first-order chi connectivity index (χ1) is 9.52. The van der Waals surface area contributed by atoms with Gasteiger partial charge in [0.05, 0.1) is 11.6 Å². The Morgan fingerprint density at radius 1 is 1.50 bits per heavy atom. The van der Waals surface area contributed by atoms with Crippen LogP contribution in [0.1, 0.15) is 40.2 Å². The molecule has 5 heteroatoms. The number of carbonyl (C=O) groups is 1. The predicted octanol–water partition coefficient (Wildman–Crippen LogP) is 3.90. The summed E-state index contributed by atoms with van der Waals surface area (Å²) in [6.07, 6.45) is 0.923. The van der Waals surface area contributed by atoms with Gasteiger partial charge in [-0.3, -0.25) is 0 Å². The van der Waals surface area contributed by atoms with Gasteiger partial charge in [-0.1, -0.05) is 13.0 Å². The van der Waals surface area contributed by atoms with Crippen LogP contribution in [0.3, 0.4) is 0 Å². The third-order valence-electron chi connectivity index (χ3n) is 3.25. The number of rotatable bonds is 5. The Bertz CT molecular complexity index is 609. The maximum atomic E-state index is 11.2. The van der Waals surface area contributed by atoms with E-state index >= 15 is 0 Å². The molecule has 0 aliphatic heterocycles. The van der Waals surface area contributed by atoms with Crippen molar-refractivity contribution in [1.29, 1.82) is 0 Å². The number of aryl methyl sites for hydroxylation is 1. The molecule has 0 amide bonds. The fourth-order valence-corrected chi connectivity index (χ4v) is 2.98. The zero-order valence-corrected chi connectivity index (χ0v) is 12.3. The molecule has 0 bridgehead atoms. The average molecular weight is 290 g/mol. The van der Waals surface area contributed by atoms with Gasteiger partial charge in [-0.25, -0.2) is 4.79 Å². The minimum absolute atomic E-state index is 0.147. The van der Waals surface area contributed by atoms with Crippen molar-refractivity contribution in [3.05, 3.63) is 45.6 Å². The Labute approximate surface area is 122 Å². The Morgan fingerprint density at radius 2 is 2.25 bits per heavy atom. The summed E-state index contributed by atoms with van der Waals surface area (Å²) >= 11 is 1.69. The zero-order valence-electron chi connectivity index (χ0n) is 11.5. The van der Waals surface area contributed by atoms with E-state index in [9.17, 15) is 9.90 Å². The van der Waals surface area contributed by atoms with Gasteiger partial charge in [-0.15, -0.1) is 11.3 Å². The van der Waals surface area contributed by atoms with Crippen LogP contribution < -0.4 is 11.1 Å². The van der Waals surface area contributed by atoms with Crippen molar-refractivity contribution in [2.75, 3.05) is 11.1 Å². The molecule has 0 saturated carbocycles. The van der Waals surface area contributed by atoms with Crippen LogP contribution in [0.25, 0.3) is 0 Å². The summed E-state index contributed by atoms with van der Waals surface area (Å²) < 4.78 is 0. The smallest absolute Gasteiger partial charge is 0.337 e. The number of thiophene rings is 1. The van der Waals surface area contributed by atoms with E-state index in [1.165, 1.54) is 4.88 Å². The quantitative estimate of drug-likeness (QED) is 0.730. The van der Waals surface area contributed by atoms with Gasteiger partial charge in [0.2, 0.25) is 0 Å². The van der Waals surface area contributed by atoms with Gasteiger partial charge >= 0.3 is 5.97 Å². The highest BCUT2D eigenvalue weighted by molar-refractivity contribution is 7.10. The average Bonchev–Trinajstić information content (AvgIpc) is 2.93. The lowest BCUT2D eigenvalue weighted by Gasteiger charge is -2.18. The van der Waals surface area contributed by atoms with Crippen molar-refractivity contribution < 1.29 is 9.90 Å². The molecule has 1 heterocycles. The molecule has 1 atom stereocenters. The standard InChI is InChI=1S/C15H18N2O2S/c1-3-12(13-5-4-6-20-13)17-10-7-9(2)14(16)11(8-10)15(18)19/h4-8,12,17H,3,16H2,1-2H3,(H,18,19). The van der Waals surface area contributed by atoms with E-state index in [2.05, 4.69) is 18.3 Å². The Morgan fingerprint density at radius 3 is 2.80 bits per heavy atom. The normalized spacial score (nSPS) is 12.1. The number of aromatic carboxylic acids is 1. The zero-order chi connectivity index (χ0) is 14.7. The second kappa shape index (κ2) is 5.96. The van der Waals surface area contributed by atoms with E-state index in [1.807, 2.05) is 24.4 Å². The molecule has 0 aliphatic carbocycles. The summed E-state index contributed by atoms with van der Waals surface area (Å²) in [5, 5.41) is 14.6. The topological polar surface area (TPSA) is 75.3 Å². The maximum Gasteiger partial charge on any atom is 0.337 e. The lowest BCUT2D eigenvalue weighted by molar-refractivity contribution is 0.0698. The van der Waals surface area contributed by atoms with Crippen LogP contribution in [-0.4, -0.2) is 11.1 Å². The van der Waals surface area contributed by atoms with Gasteiger partial charge in [0.25, 0.3) is 0 Å². The molecule has 1 aromatic carbocycles. The van der Waals surface area contributed by atoms with E-state index in [4.69, 9.17) is 5.73 Å². The molecule has 1 aromatic heterocycles. The van der Waals surface area contributed by atoms with Crippen LogP contribution in [0, 0.1) is 6.92 Å². The summed E-state index contributed by atoms with van der Waals surface area (Å²) in [5.41, 5.74) is 7.83. The van der Waals surface area contributed by atoms with Crippen molar-refractivity contribution >= 4 is 28.7 Å². The number of carboxylic acid groups (broad SMARTS) is 1. The van der Waals surface area contributed by atoms with Crippen LogP contribution >= 0.6 is 11.3 Å². The largest absolute Gasteiger partial charge is 0.478 e. The number of nitrogen functional groups attached to an aromatic ring is 1. The SMILES string of the molecule is CCC(Nc1cc(C)c(N)c(C(=O)O)c1)c1cccs1. The van der Waals surface area contributed by atoms with E-state index in [0.29, 0.717) is 5.69 Å². The minimum Gasteiger partial charge on any atom is -0.478 e. The number of hydrogen-bond acceptors (Lipinski definition) is 4. The van der Waals surface area contributed by atoms with Crippen LogP contribution in [0.4, 0.5) is 11.4 Å². The van der Waals surface area contributed by atoms with Gasteiger partial charge in [-0.2, -0.15) is 0 Å². The molecule has 2 aromatic rings. The second-order valence-corrected chi connectivity index (χ2v) is 5.66. The summed E-state index contributed by atoms with van der Waals surface area (Å²) in [5.74, 6) is -1.00. The van der Waals surface area contributed by atoms with Crippen molar-refractivity contribution in [2.45, 2.75) is 26.3 Å². The minimum atomic E-state index is -1.00. The Kier molecular flexibility index (Phi) is 4.29. The molecule has 2 rings (SSSR count). The highest BCUT2D eigenvalue weighted by atomic mass is 32.1. The van der Waals surface area contributed by atoms with Crippen molar-refractivity contribution in [2.24, 2.45) is 0 Å². The first-order valence-corrected chi connectivity index (χ1v) is 7.34. The Hall–Kier alpha value is -2.01. The van der Waals surface area contributed by atoms with Gasteiger partial charge in [0.1, 0.15) is 0 Å². The molecule has 20 heavy (non-hydrogen) atoms. The molecule has 1 unspecified atom stereocenters. The van der Waals surface area contributed by atoms with Crippen LogP contribution in [0.5, 0.6) is 0 Å². The third kappa shape index (κ3) is 2.93. The first kappa shape index (κ1) is 14.4. The van der Waals surface area contributed by atoms with Gasteiger partial charge in [-0.05, 0) is 42.5 Å². The van der Waals surface area contributed by atoms with Gasteiger partial charge < -0.3 is 16.2 Å². The maximum absolute atomic E-state index is 11.2. The molecule has 0 fully saturated rings. The number of carboxylic acids is 1. The summed E-state index contributed by atoms with van der Waals surface area (Å²) in [6, 6.07) is 7.76. The van der Waals surface area contributed by atoms with Crippen LogP contribution in [-0.2, 0) is 0 Å². The van der Waals surface area contributed by atoms with Crippen molar-refractivity contribution in [3.63, 3.8) is 0 Å². The molecule has 0 aliphatic rings. The highest BCUT2D eigenvalue weighted by Crippen LogP contribution is 2.29. The fourth-order valence-electron chi connectivity index (χ4n) is 2.12. The number of benzene rings is 1. The summed E-state index contributed by atoms with van der Waals surface area (Å²) in [6.45, 7) is 3.92. The van der Waals surface area contributed by atoms with Gasteiger partial charge in [0.15, 0.2) is 0 Å². The number of nitrogens with two attached hydrogens (primary N) is 1. The van der Waals surface area contributed by atoms with Crippen LogP contribution in [0.15, 0.2) is 29.6 Å². The second-order valence-electron chi connectivity index (χ2n) is 4.68. The van der Waals surface area contributed by atoms with E-state index < -0.39 is 5.97 Å². The Balaban J connectivity index is 2.31. The number of hydrogen-bond donors (Lipinski definition) is 3. The molecular formula is C15H18N2O2S. The summed E-state index contributed by atoms with van der Waals surface area (Å²) in [4.78, 5) is 12.4. The number of nitrogens with one attached hydrogen (secondary N) is 1.